The molecule has 3 rings (SSSR count). The van der Waals surface area contributed by atoms with Gasteiger partial charge in [-0.25, -0.2) is 0 Å². The van der Waals surface area contributed by atoms with Crippen LogP contribution >= 0.6 is 0 Å². The fourth-order valence-corrected chi connectivity index (χ4v) is 2.51. The second kappa shape index (κ2) is 6.12. The van der Waals surface area contributed by atoms with E-state index in [4.69, 9.17) is 9.47 Å². The minimum Gasteiger partial charge on any atom is -0.497 e. The zero-order chi connectivity index (χ0) is 14.7. The number of ether oxygens (including phenoxy) is 2. The van der Waals surface area contributed by atoms with Crippen LogP contribution in [0.15, 0.2) is 30.5 Å². The summed E-state index contributed by atoms with van der Waals surface area (Å²) in [5, 5.41) is 8.37. The van der Waals surface area contributed by atoms with Gasteiger partial charge in [0.25, 0.3) is 0 Å². The lowest BCUT2D eigenvalue weighted by Gasteiger charge is -2.10. The Morgan fingerprint density at radius 3 is 2.67 bits per heavy atom. The monoisotopic (exact) mass is 284 g/mol. The summed E-state index contributed by atoms with van der Waals surface area (Å²) in [6.07, 6.45) is 6.23. The Balaban J connectivity index is 1.70. The smallest absolute Gasteiger partial charge is 0.125 e. The first-order valence-corrected chi connectivity index (χ1v) is 7.32. The molecule has 0 bridgehead atoms. The Bertz CT molecular complexity index is 624. The van der Waals surface area contributed by atoms with Crippen molar-refractivity contribution >= 4 is 0 Å². The molecule has 4 heteroatoms. The molecule has 1 aliphatic carbocycles. The second-order valence-corrected chi connectivity index (χ2v) is 5.43. The van der Waals surface area contributed by atoms with Gasteiger partial charge in [0.2, 0.25) is 0 Å². The molecule has 0 aliphatic heterocycles. The zero-order valence-electron chi connectivity index (χ0n) is 12.5. The average Bonchev–Trinajstić information content (AvgIpc) is 3.38. The number of methoxy groups -OCH3 is 2. The average molecular weight is 284 g/mol. The number of nitrogens with zero attached hydrogens (tertiary/aromatic N) is 2. The number of aromatic nitrogens is 2. The summed E-state index contributed by atoms with van der Waals surface area (Å²) in [7, 11) is 3.35. The lowest BCUT2D eigenvalue weighted by atomic mass is 10.1. The summed E-state index contributed by atoms with van der Waals surface area (Å²) in [4.78, 5) is 0. The first kappa shape index (κ1) is 13.9. The maximum atomic E-state index is 5.43. The number of rotatable bonds is 6. The Morgan fingerprint density at radius 2 is 1.95 bits per heavy atom. The highest BCUT2D eigenvalue weighted by molar-refractivity contribution is 5.41. The molecule has 0 saturated heterocycles. The predicted molar refractivity (Wildman–Crippen MR) is 81.0 cm³/mol. The van der Waals surface area contributed by atoms with Crippen LogP contribution in [0.4, 0.5) is 0 Å². The van der Waals surface area contributed by atoms with Crippen molar-refractivity contribution in [1.29, 1.82) is 0 Å². The van der Waals surface area contributed by atoms with Crippen LogP contribution in [0.25, 0.3) is 0 Å². The molecule has 2 aromatic rings. The molecule has 0 unspecified atom stereocenters. The topological polar surface area (TPSA) is 44.2 Å². The Labute approximate surface area is 125 Å². The van der Waals surface area contributed by atoms with Crippen molar-refractivity contribution in [2.75, 3.05) is 14.2 Å². The van der Waals surface area contributed by atoms with Gasteiger partial charge in [0.15, 0.2) is 0 Å². The van der Waals surface area contributed by atoms with Gasteiger partial charge in [0, 0.05) is 6.07 Å². The number of hydrogen-bond donors (Lipinski definition) is 0. The summed E-state index contributed by atoms with van der Waals surface area (Å²) in [5.74, 6) is 2.39. The first-order valence-electron chi connectivity index (χ1n) is 7.32. The van der Waals surface area contributed by atoms with Crippen molar-refractivity contribution in [1.82, 2.24) is 10.2 Å². The molecule has 4 nitrogen and oxygen atoms in total. The molecule has 0 radical (unpaired) electrons. The third-order valence-electron chi connectivity index (χ3n) is 3.92. The van der Waals surface area contributed by atoms with Crippen LogP contribution in [-0.2, 0) is 12.8 Å². The third-order valence-corrected chi connectivity index (χ3v) is 3.92. The van der Waals surface area contributed by atoms with E-state index in [1.807, 2.05) is 18.3 Å². The van der Waals surface area contributed by atoms with Gasteiger partial charge in [0.05, 0.1) is 26.1 Å². The molecule has 110 valence electrons. The molecular formula is C17H20N2O2. The maximum Gasteiger partial charge on any atom is 0.125 e. The van der Waals surface area contributed by atoms with Gasteiger partial charge < -0.3 is 9.47 Å². The van der Waals surface area contributed by atoms with E-state index in [1.165, 1.54) is 18.4 Å². The third kappa shape index (κ3) is 3.32. The second-order valence-electron chi connectivity index (χ2n) is 5.43. The van der Waals surface area contributed by atoms with Gasteiger partial charge in [-0.1, -0.05) is 6.07 Å². The van der Waals surface area contributed by atoms with E-state index in [2.05, 4.69) is 22.3 Å². The molecule has 0 N–H and O–H groups in total. The van der Waals surface area contributed by atoms with Crippen molar-refractivity contribution < 1.29 is 9.47 Å². The normalized spacial score (nSPS) is 14.0. The van der Waals surface area contributed by atoms with Gasteiger partial charge in [-0.2, -0.15) is 10.2 Å². The van der Waals surface area contributed by atoms with Crippen LogP contribution in [0.2, 0.25) is 0 Å². The summed E-state index contributed by atoms with van der Waals surface area (Å²) in [6.45, 7) is 0. The van der Waals surface area contributed by atoms with E-state index in [-0.39, 0.29) is 0 Å². The summed E-state index contributed by atoms with van der Waals surface area (Å²) >= 11 is 0. The Hall–Kier alpha value is -2.10. The fourth-order valence-electron chi connectivity index (χ4n) is 2.51. The highest BCUT2D eigenvalue weighted by Gasteiger charge is 2.24. The number of hydrogen-bond acceptors (Lipinski definition) is 4. The van der Waals surface area contributed by atoms with Gasteiger partial charge in [-0.15, -0.1) is 0 Å². The van der Waals surface area contributed by atoms with Crippen LogP contribution in [0, 0.1) is 0 Å². The predicted octanol–water partition coefficient (Wildman–Crippen LogP) is 3.16. The molecular weight excluding hydrogens is 264 g/mol. The summed E-state index contributed by atoms with van der Waals surface area (Å²) < 4.78 is 10.7. The van der Waals surface area contributed by atoms with E-state index in [0.717, 1.165) is 41.5 Å². The van der Waals surface area contributed by atoms with Crippen LogP contribution in [0.1, 0.15) is 35.6 Å². The van der Waals surface area contributed by atoms with E-state index in [0.29, 0.717) is 0 Å². The molecule has 1 aromatic carbocycles. The van der Waals surface area contributed by atoms with Crippen molar-refractivity contribution in [2.24, 2.45) is 0 Å². The highest BCUT2D eigenvalue weighted by atomic mass is 16.5. The summed E-state index contributed by atoms with van der Waals surface area (Å²) in [6, 6.07) is 8.13. The quantitative estimate of drug-likeness (QED) is 0.817. The Morgan fingerprint density at radius 1 is 1.10 bits per heavy atom. The largest absolute Gasteiger partial charge is 0.497 e. The van der Waals surface area contributed by atoms with Gasteiger partial charge in [-0.05, 0) is 54.9 Å². The standard InChI is InChI=1S/C17H20N2O2/c1-20-16-8-6-13(17(10-16)21-2)5-7-15-9-14(11-18-19-15)12-3-4-12/h6,8-12H,3-5,7H2,1-2H3. The van der Waals surface area contributed by atoms with E-state index >= 15 is 0 Å². The van der Waals surface area contributed by atoms with E-state index in [9.17, 15) is 0 Å². The molecule has 21 heavy (non-hydrogen) atoms. The van der Waals surface area contributed by atoms with Crippen molar-refractivity contribution in [3.63, 3.8) is 0 Å². The highest BCUT2D eigenvalue weighted by Crippen LogP contribution is 2.39. The molecule has 0 atom stereocenters. The molecule has 1 saturated carbocycles. The van der Waals surface area contributed by atoms with Crippen LogP contribution < -0.4 is 9.47 Å². The molecule has 1 aliphatic rings. The summed E-state index contributed by atoms with van der Waals surface area (Å²) in [5.41, 5.74) is 3.55. The fraction of sp³-hybridized carbons (Fsp3) is 0.412. The van der Waals surface area contributed by atoms with Gasteiger partial charge >= 0.3 is 0 Å². The molecule has 0 spiro atoms. The van der Waals surface area contributed by atoms with Crippen LogP contribution in [0.5, 0.6) is 11.5 Å². The van der Waals surface area contributed by atoms with Crippen LogP contribution in [-0.4, -0.2) is 24.4 Å². The zero-order valence-corrected chi connectivity index (χ0v) is 12.5. The Kier molecular flexibility index (Phi) is 4.04. The van der Waals surface area contributed by atoms with Crippen LogP contribution in [0.3, 0.4) is 0 Å². The molecule has 1 heterocycles. The minimum atomic E-state index is 0.717. The van der Waals surface area contributed by atoms with E-state index in [1.54, 1.807) is 14.2 Å². The van der Waals surface area contributed by atoms with Crippen molar-refractivity contribution in [3.8, 4) is 11.5 Å². The first-order chi connectivity index (χ1) is 10.3. The van der Waals surface area contributed by atoms with Crippen molar-refractivity contribution in [2.45, 2.75) is 31.6 Å². The molecule has 1 fully saturated rings. The molecule has 1 aromatic heterocycles. The van der Waals surface area contributed by atoms with Gasteiger partial charge in [0.1, 0.15) is 11.5 Å². The van der Waals surface area contributed by atoms with E-state index < -0.39 is 0 Å². The number of benzene rings is 1. The van der Waals surface area contributed by atoms with Crippen molar-refractivity contribution in [3.05, 3.63) is 47.3 Å². The lowest BCUT2D eigenvalue weighted by molar-refractivity contribution is 0.391. The minimum absolute atomic E-state index is 0.717. The van der Waals surface area contributed by atoms with Gasteiger partial charge in [-0.3, -0.25) is 0 Å². The lowest BCUT2D eigenvalue weighted by Crippen LogP contribution is -2.00. The maximum absolute atomic E-state index is 5.43. The number of aryl methyl sites for hydroxylation is 2. The molecule has 0 amide bonds. The SMILES string of the molecule is COc1ccc(CCc2cc(C3CC3)cnn2)c(OC)c1.